The first kappa shape index (κ1) is 13.4. The molecule has 0 saturated carbocycles. The zero-order chi connectivity index (χ0) is 14.1. The molecule has 1 unspecified atom stereocenters. The van der Waals surface area contributed by atoms with Gasteiger partial charge in [-0.1, -0.05) is 0 Å². The Morgan fingerprint density at radius 1 is 1.25 bits per heavy atom. The van der Waals surface area contributed by atoms with Gasteiger partial charge in [0.1, 0.15) is 0 Å². The number of anilines is 2. The van der Waals surface area contributed by atoms with Gasteiger partial charge in [-0.25, -0.2) is 0 Å². The van der Waals surface area contributed by atoms with Gasteiger partial charge in [0.05, 0.1) is 6.10 Å². The van der Waals surface area contributed by atoms with Crippen molar-refractivity contribution in [3.05, 3.63) is 0 Å². The lowest BCUT2D eigenvalue weighted by Crippen LogP contribution is -2.53. The molecule has 3 fully saturated rings. The number of aromatic nitrogens is 3. The Morgan fingerprint density at radius 3 is 2.60 bits per heavy atom. The van der Waals surface area contributed by atoms with Crippen molar-refractivity contribution in [3.8, 4) is 6.01 Å². The van der Waals surface area contributed by atoms with E-state index < -0.39 is 0 Å². The van der Waals surface area contributed by atoms with Crippen molar-refractivity contribution in [2.45, 2.75) is 38.8 Å². The molecule has 1 aromatic heterocycles. The molecule has 0 aromatic carbocycles. The first-order valence-electron chi connectivity index (χ1n) is 7.27. The second-order valence-electron chi connectivity index (χ2n) is 5.86. The maximum absolute atomic E-state index is 5.72. The van der Waals surface area contributed by atoms with E-state index in [1.807, 2.05) is 13.8 Å². The second kappa shape index (κ2) is 5.40. The van der Waals surface area contributed by atoms with Crippen molar-refractivity contribution in [1.29, 1.82) is 0 Å². The fourth-order valence-corrected chi connectivity index (χ4v) is 2.99. The molecule has 3 aliphatic heterocycles. The normalized spacial score (nSPS) is 28.6. The minimum absolute atomic E-state index is 0.0152. The molecule has 20 heavy (non-hydrogen) atoms. The van der Waals surface area contributed by atoms with Crippen LogP contribution in [0.2, 0.25) is 0 Å². The van der Waals surface area contributed by atoms with Gasteiger partial charge < -0.3 is 20.7 Å². The van der Waals surface area contributed by atoms with Crippen LogP contribution in [0.3, 0.4) is 0 Å². The number of nitrogens with two attached hydrogens (primary N) is 1. The van der Waals surface area contributed by atoms with Crippen molar-refractivity contribution in [2.75, 3.05) is 30.7 Å². The lowest BCUT2D eigenvalue weighted by atomic mass is 9.84. The van der Waals surface area contributed by atoms with Crippen LogP contribution < -0.4 is 15.8 Å². The van der Waals surface area contributed by atoms with Crippen molar-refractivity contribution in [2.24, 2.45) is 5.92 Å². The first-order valence-corrected chi connectivity index (χ1v) is 7.27. The molecular formula is C13H22N6O. The molecule has 2 bridgehead atoms. The molecule has 4 heterocycles. The Kier molecular flexibility index (Phi) is 3.60. The monoisotopic (exact) mass is 278 g/mol. The Hall–Kier alpha value is -1.63. The van der Waals surface area contributed by atoms with Crippen LogP contribution in [-0.2, 0) is 0 Å². The van der Waals surface area contributed by atoms with Crippen LogP contribution in [0.5, 0.6) is 6.01 Å². The van der Waals surface area contributed by atoms with E-state index in [-0.39, 0.29) is 18.1 Å². The van der Waals surface area contributed by atoms with Crippen molar-refractivity contribution >= 4 is 11.9 Å². The molecule has 0 spiro atoms. The Morgan fingerprint density at radius 2 is 2.00 bits per heavy atom. The number of fused-ring (bicyclic) bond motifs is 3. The van der Waals surface area contributed by atoms with Gasteiger partial charge in [0, 0.05) is 12.6 Å². The summed E-state index contributed by atoms with van der Waals surface area (Å²) in [7, 11) is 0. The van der Waals surface area contributed by atoms with Gasteiger partial charge in [-0.3, -0.25) is 0 Å². The van der Waals surface area contributed by atoms with E-state index in [0.29, 0.717) is 17.9 Å². The summed E-state index contributed by atoms with van der Waals surface area (Å²) in [5.41, 5.74) is 5.72. The molecule has 110 valence electrons. The zero-order valence-corrected chi connectivity index (χ0v) is 12.0. The van der Waals surface area contributed by atoms with Crippen LogP contribution in [0.4, 0.5) is 11.9 Å². The molecule has 1 aromatic rings. The Labute approximate surface area is 118 Å². The van der Waals surface area contributed by atoms with Crippen LogP contribution in [-0.4, -0.2) is 51.6 Å². The minimum atomic E-state index is 0.0152. The predicted molar refractivity (Wildman–Crippen MR) is 76.6 cm³/mol. The van der Waals surface area contributed by atoms with E-state index in [0.717, 1.165) is 6.54 Å². The van der Waals surface area contributed by atoms with Crippen molar-refractivity contribution in [1.82, 2.24) is 19.9 Å². The Balaban J connectivity index is 1.72. The number of piperidine rings is 3. The van der Waals surface area contributed by atoms with E-state index >= 15 is 0 Å². The SMILES string of the molecule is CC(C)Oc1nc(N)nc(NC2CN3CCC2CC3)n1. The number of hydrogen-bond acceptors (Lipinski definition) is 7. The van der Waals surface area contributed by atoms with Crippen LogP contribution in [0.15, 0.2) is 0 Å². The molecule has 0 amide bonds. The van der Waals surface area contributed by atoms with Gasteiger partial charge in [-0.15, -0.1) is 0 Å². The summed E-state index contributed by atoms with van der Waals surface area (Å²) < 4.78 is 5.49. The van der Waals surface area contributed by atoms with E-state index in [2.05, 4.69) is 25.2 Å². The highest BCUT2D eigenvalue weighted by molar-refractivity contribution is 5.34. The zero-order valence-electron chi connectivity index (χ0n) is 12.0. The fourth-order valence-electron chi connectivity index (χ4n) is 2.99. The van der Waals surface area contributed by atoms with Gasteiger partial charge in [-0.05, 0) is 45.7 Å². The third kappa shape index (κ3) is 2.92. The lowest BCUT2D eigenvalue weighted by molar-refractivity contribution is 0.0971. The minimum Gasteiger partial charge on any atom is -0.461 e. The third-order valence-corrected chi connectivity index (χ3v) is 3.94. The number of nitrogens with one attached hydrogen (secondary N) is 1. The van der Waals surface area contributed by atoms with Crippen LogP contribution in [0, 0.1) is 5.92 Å². The summed E-state index contributed by atoms with van der Waals surface area (Å²) in [6.45, 7) is 7.34. The highest BCUT2D eigenvalue weighted by Gasteiger charge is 2.34. The number of ether oxygens (including phenoxy) is 1. The molecule has 3 N–H and O–H groups in total. The summed E-state index contributed by atoms with van der Waals surface area (Å²) in [6.07, 6.45) is 2.50. The highest BCUT2D eigenvalue weighted by Crippen LogP contribution is 2.29. The first-order chi connectivity index (χ1) is 9.60. The van der Waals surface area contributed by atoms with E-state index in [1.165, 1.54) is 25.9 Å². The maximum atomic E-state index is 5.72. The summed E-state index contributed by atoms with van der Waals surface area (Å²) in [5.74, 6) is 1.42. The quantitative estimate of drug-likeness (QED) is 0.840. The van der Waals surface area contributed by atoms with Crippen LogP contribution >= 0.6 is 0 Å². The highest BCUT2D eigenvalue weighted by atomic mass is 16.5. The number of nitrogens with zero attached hydrogens (tertiary/aromatic N) is 4. The molecule has 1 atom stereocenters. The van der Waals surface area contributed by atoms with Gasteiger partial charge in [0.25, 0.3) is 0 Å². The summed E-state index contributed by atoms with van der Waals surface area (Å²) in [5, 5.41) is 3.40. The summed E-state index contributed by atoms with van der Waals surface area (Å²) >= 11 is 0. The van der Waals surface area contributed by atoms with Crippen molar-refractivity contribution in [3.63, 3.8) is 0 Å². The summed E-state index contributed by atoms with van der Waals surface area (Å²) in [6, 6.07) is 0.683. The van der Waals surface area contributed by atoms with Gasteiger partial charge in [0.2, 0.25) is 11.9 Å². The topological polar surface area (TPSA) is 89.2 Å². The average molecular weight is 278 g/mol. The number of rotatable bonds is 4. The molecule has 7 nitrogen and oxygen atoms in total. The molecule has 0 aliphatic carbocycles. The van der Waals surface area contributed by atoms with Crippen LogP contribution in [0.1, 0.15) is 26.7 Å². The smallest absolute Gasteiger partial charge is 0.323 e. The maximum Gasteiger partial charge on any atom is 0.323 e. The van der Waals surface area contributed by atoms with Crippen LogP contribution in [0.25, 0.3) is 0 Å². The van der Waals surface area contributed by atoms with E-state index in [1.54, 1.807) is 0 Å². The Bertz CT molecular complexity index is 472. The third-order valence-electron chi connectivity index (χ3n) is 3.94. The molecule has 4 rings (SSSR count). The van der Waals surface area contributed by atoms with Gasteiger partial charge in [-0.2, -0.15) is 15.0 Å². The standard InChI is InChI=1S/C13H22N6O/c1-8(2)20-13-17-11(14)16-12(18-13)15-10-7-19-5-3-9(10)4-6-19/h8-10H,3-7H2,1-2H3,(H3,14,15,16,17,18). The lowest BCUT2D eigenvalue weighted by Gasteiger charge is -2.44. The molecular weight excluding hydrogens is 256 g/mol. The number of nitrogen functional groups attached to an aromatic ring is 1. The van der Waals surface area contributed by atoms with Gasteiger partial charge in [0.15, 0.2) is 0 Å². The van der Waals surface area contributed by atoms with Crippen molar-refractivity contribution < 1.29 is 4.74 Å². The second-order valence-corrected chi connectivity index (χ2v) is 5.86. The molecule has 0 radical (unpaired) electrons. The average Bonchev–Trinajstić information content (AvgIpc) is 2.38. The van der Waals surface area contributed by atoms with E-state index in [9.17, 15) is 0 Å². The van der Waals surface area contributed by atoms with Gasteiger partial charge >= 0.3 is 6.01 Å². The molecule has 3 saturated heterocycles. The predicted octanol–water partition coefficient (Wildman–Crippen LogP) is 0.747. The fraction of sp³-hybridized carbons (Fsp3) is 0.769. The molecule has 7 heteroatoms. The molecule has 3 aliphatic rings. The number of hydrogen-bond donors (Lipinski definition) is 2. The summed E-state index contributed by atoms with van der Waals surface area (Å²) in [4.78, 5) is 14.9. The van der Waals surface area contributed by atoms with E-state index in [4.69, 9.17) is 10.5 Å². The largest absolute Gasteiger partial charge is 0.461 e.